The van der Waals surface area contributed by atoms with Crippen LogP contribution in [-0.4, -0.2) is 22.8 Å². The zero-order chi connectivity index (χ0) is 15.6. The van der Waals surface area contributed by atoms with Crippen molar-refractivity contribution in [2.45, 2.75) is 32.9 Å². The fraction of sp³-hybridized carbons (Fsp3) is 0.375. The molecule has 0 radical (unpaired) electrons. The number of aromatic nitrogens is 1. The number of carbonyl (C=O) groups is 1. The largest absolute Gasteiger partial charge is 0.334 e. The van der Waals surface area contributed by atoms with Gasteiger partial charge in [-0.15, -0.1) is 11.3 Å². The van der Waals surface area contributed by atoms with Gasteiger partial charge in [-0.25, -0.2) is 4.98 Å². The molecular formula is C16H21N3OS. The molecule has 1 amide bonds. The number of amides is 1. The highest BCUT2D eigenvalue weighted by molar-refractivity contribution is 7.09. The molecule has 0 aliphatic heterocycles. The number of nitrogens with zero attached hydrogens (tertiary/aromatic N) is 2. The van der Waals surface area contributed by atoms with Crippen LogP contribution in [0.4, 0.5) is 0 Å². The minimum atomic E-state index is -0.142. The van der Waals surface area contributed by atoms with Crippen LogP contribution in [0.2, 0.25) is 0 Å². The number of rotatable bonds is 4. The molecular weight excluding hydrogens is 282 g/mol. The van der Waals surface area contributed by atoms with Crippen LogP contribution in [-0.2, 0) is 0 Å². The summed E-state index contributed by atoms with van der Waals surface area (Å²) in [6, 6.07) is 8.08. The van der Waals surface area contributed by atoms with Gasteiger partial charge in [0.05, 0.1) is 12.1 Å². The number of thiazole rings is 1. The third-order valence-corrected chi connectivity index (χ3v) is 4.64. The van der Waals surface area contributed by atoms with Gasteiger partial charge in [0.1, 0.15) is 10.7 Å². The first-order valence-electron chi connectivity index (χ1n) is 6.95. The molecule has 4 nitrogen and oxygen atoms in total. The summed E-state index contributed by atoms with van der Waals surface area (Å²) in [5, 5.41) is 2.56. The van der Waals surface area contributed by atoms with Crippen LogP contribution in [0.1, 0.15) is 52.6 Å². The summed E-state index contributed by atoms with van der Waals surface area (Å²) >= 11 is 1.43. The summed E-state index contributed by atoms with van der Waals surface area (Å²) in [5.41, 5.74) is 8.58. The first-order chi connectivity index (χ1) is 9.90. The molecule has 0 spiro atoms. The van der Waals surface area contributed by atoms with E-state index in [-0.39, 0.29) is 18.0 Å². The quantitative estimate of drug-likeness (QED) is 0.942. The molecule has 1 aromatic carbocycles. The SMILES string of the molecule is Cc1ccc(C(C)N(C)C(=O)c2csc(C(C)N)n2)cc1. The minimum Gasteiger partial charge on any atom is -0.334 e. The van der Waals surface area contributed by atoms with Gasteiger partial charge in [-0.2, -0.15) is 0 Å². The van der Waals surface area contributed by atoms with Gasteiger partial charge in [0, 0.05) is 12.4 Å². The molecule has 2 aromatic rings. The summed E-state index contributed by atoms with van der Waals surface area (Å²) in [5.74, 6) is -0.0776. The Morgan fingerprint density at radius 2 is 1.90 bits per heavy atom. The first-order valence-corrected chi connectivity index (χ1v) is 7.83. The Morgan fingerprint density at radius 3 is 2.43 bits per heavy atom. The smallest absolute Gasteiger partial charge is 0.273 e. The van der Waals surface area contributed by atoms with E-state index in [4.69, 9.17) is 5.73 Å². The first kappa shape index (κ1) is 15.7. The minimum absolute atomic E-state index is 0.00134. The Hall–Kier alpha value is -1.72. The molecule has 0 fully saturated rings. The molecule has 0 bridgehead atoms. The molecule has 5 heteroatoms. The molecule has 21 heavy (non-hydrogen) atoms. The van der Waals surface area contributed by atoms with E-state index in [1.54, 1.807) is 17.3 Å². The summed E-state index contributed by atoms with van der Waals surface area (Å²) in [6.45, 7) is 5.93. The lowest BCUT2D eigenvalue weighted by atomic mass is 10.1. The molecule has 2 atom stereocenters. The van der Waals surface area contributed by atoms with Crippen molar-refractivity contribution in [2.24, 2.45) is 5.73 Å². The van der Waals surface area contributed by atoms with Gasteiger partial charge in [-0.05, 0) is 26.3 Å². The fourth-order valence-corrected chi connectivity index (χ4v) is 2.77. The summed E-state index contributed by atoms with van der Waals surface area (Å²) < 4.78 is 0. The molecule has 1 aromatic heterocycles. The highest BCUT2D eigenvalue weighted by atomic mass is 32.1. The predicted molar refractivity (Wildman–Crippen MR) is 86.4 cm³/mol. The van der Waals surface area contributed by atoms with Gasteiger partial charge >= 0.3 is 0 Å². The third-order valence-electron chi connectivity index (χ3n) is 3.59. The van der Waals surface area contributed by atoms with Crippen molar-refractivity contribution >= 4 is 17.2 Å². The normalized spacial score (nSPS) is 13.8. The molecule has 1 heterocycles. The maximum atomic E-state index is 12.5. The molecule has 0 saturated carbocycles. The Balaban J connectivity index is 2.15. The maximum absolute atomic E-state index is 12.5. The van der Waals surface area contributed by atoms with Crippen molar-refractivity contribution in [3.05, 3.63) is 51.5 Å². The average molecular weight is 303 g/mol. The number of carbonyl (C=O) groups excluding carboxylic acids is 1. The molecule has 0 aliphatic carbocycles. The highest BCUT2D eigenvalue weighted by Crippen LogP contribution is 2.23. The van der Waals surface area contributed by atoms with Crippen molar-refractivity contribution in [1.82, 2.24) is 9.88 Å². The maximum Gasteiger partial charge on any atom is 0.273 e. The van der Waals surface area contributed by atoms with E-state index in [2.05, 4.69) is 29.2 Å². The molecule has 2 N–H and O–H groups in total. The van der Waals surface area contributed by atoms with E-state index in [0.29, 0.717) is 5.69 Å². The van der Waals surface area contributed by atoms with Crippen LogP contribution in [0.25, 0.3) is 0 Å². The lowest BCUT2D eigenvalue weighted by Crippen LogP contribution is -2.30. The van der Waals surface area contributed by atoms with Crippen LogP contribution in [0.3, 0.4) is 0 Å². The Kier molecular flexibility index (Phi) is 4.75. The lowest BCUT2D eigenvalue weighted by Gasteiger charge is -2.24. The van der Waals surface area contributed by atoms with Crippen LogP contribution in [0.5, 0.6) is 0 Å². The molecule has 0 aliphatic rings. The monoisotopic (exact) mass is 303 g/mol. The van der Waals surface area contributed by atoms with Crippen LogP contribution < -0.4 is 5.73 Å². The van der Waals surface area contributed by atoms with Crippen molar-refractivity contribution < 1.29 is 4.79 Å². The highest BCUT2D eigenvalue weighted by Gasteiger charge is 2.21. The van der Waals surface area contributed by atoms with E-state index in [1.807, 2.05) is 20.8 Å². The van der Waals surface area contributed by atoms with E-state index < -0.39 is 0 Å². The molecule has 0 saturated heterocycles. The second-order valence-corrected chi connectivity index (χ2v) is 6.25. The topological polar surface area (TPSA) is 59.2 Å². The van der Waals surface area contributed by atoms with Gasteiger partial charge in [-0.3, -0.25) is 4.79 Å². The Morgan fingerprint density at radius 1 is 1.29 bits per heavy atom. The van der Waals surface area contributed by atoms with Crippen molar-refractivity contribution in [3.8, 4) is 0 Å². The third kappa shape index (κ3) is 3.49. The second kappa shape index (κ2) is 6.37. The van der Waals surface area contributed by atoms with Crippen molar-refractivity contribution in [2.75, 3.05) is 7.05 Å². The Labute approximate surface area is 129 Å². The number of benzene rings is 1. The summed E-state index contributed by atoms with van der Waals surface area (Å²) in [7, 11) is 1.80. The van der Waals surface area contributed by atoms with Gasteiger partial charge < -0.3 is 10.6 Å². The van der Waals surface area contributed by atoms with Crippen molar-refractivity contribution in [3.63, 3.8) is 0 Å². The van der Waals surface area contributed by atoms with Gasteiger partial charge in [-0.1, -0.05) is 29.8 Å². The van der Waals surface area contributed by atoms with Gasteiger partial charge in [0.2, 0.25) is 0 Å². The molecule has 2 unspecified atom stereocenters. The second-order valence-electron chi connectivity index (χ2n) is 5.36. The standard InChI is InChI=1S/C16H21N3OS/c1-10-5-7-13(8-6-10)12(3)19(4)16(20)14-9-21-15(18-14)11(2)17/h5-9,11-12H,17H2,1-4H3. The average Bonchev–Trinajstić information content (AvgIpc) is 2.96. The zero-order valence-corrected chi connectivity index (χ0v) is 13.6. The van der Waals surface area contributed by atoms with E-state index >= 15 is 0 Å². The van der Waals surface area contributed by atoms with Gasteiger partial charge in [0.15, 0.2) is 0 Å². The van der Waals surface area contributed by atoms with E-state index in [0.717, 1.165) is 10.6 Å². The van der Waals surface area contributed by atoms with Crippen LogP contribution >= 0.6 is 11.3 Å². The van der Waals surface area contributed by atoms with Crippen LogP contribution in [0.15, 0.2) is 29.6 Å². The lowest BCUT2D eigenvalue weighted by molar-refractivity contribution is 0.0737. The van der Waals surface area contributed by atoms with E-state index in [9.17, 15) is 4.79 Å². The Bertz CT molecular complexity index is 619. The molecule has 112 valence electrons. The summed E-state index contributed by atoms with van der Waals surface area (Å²) in [6.07, 6.45) is 0. The fourth-order valence-electron chi connectivity index (χ4n) is 2.02. The van der Waals surface area contributed by atoms with Crippen molar-refractivity contribution in [1.29, 1.82) is 0 Å². The van der Waals surface area contributed by atoms with E-state index in [1.165, 1.54) is 16.9 Å². The van der Waals surface area contributed by atoms with Crippen LogP contribution in [0, 0.1) is 6.92 Å². The summed E-state index contributed by atoms with van der Waals surface area (Å²) in [4.78, 5) is 18.5. The number of aryl methyl sites for hydroxylation is 1. The zero-order valence-electron chi connectivity index (χ0n) is 12.8. The predicted octanol–water partition coefficient (Wildman–Crippen LogP) is 3.30. The number of hydrogen-bond donors (Lipinski definition) is 1. The van der Waals surface area contributed by atoms with Gasteiger partial charge in [0.25, 0.3) is 5.91 Å². The number of nitrogens with two attached hydrogens (primary N) is 1. The molecule has 2 rings (SSSR count). The number of hydrogen-bond acceptors (Lipinski definition) is 4.